The van der Waals surface area contributed by atoms with E-state index in [0.717, 1.165) is 44.4 Å². The van der Waals surface area contributed by atoms with Gasteiger partial charge in [0.2, 0.25) is 0 Å². The molecule has 35 heavy (non-hydrogen) atoms. The summed E-state index contributed by atoms with van der Waals surface area (Å²) in [6.07, 6.45) is 0. The van der Waals surface area contributed by atoms with Crippen molar-refractivity contribution in [3.8, 4) is 0 Å². The quantitative estimate of drug-likeness (QED) is 0.243. The van der Waals surface area contributed by atoms with Crippen molar-refractivity contribution in [2.45, 2.75) is 12.6 Å². The van der Waals surface area contributed by atoms with Crippen molar-refractivity contribution in [1.82, 2.24) is 9.80 Å². The van der Waals surface area contributed by atoms with E-state index < -0.39 is 0 Å². The predicted octanol–water partition coefficient (Wildman–Crippen LogP) is 6.84. The van der Waals surface area contributed by atoms with Crippen LogP contribution in [0.3, 0.4) is 0 Å². The second-order valence-electron chi connectivity index (χ2n) is 8.98. The van der Waals surface area contributed by atoms with Crippen LogP contribution in [0.2, 0.25) is 5.02 Å². The van der Waals surface area contributed by atoms with Crippen LogP contribution in [0.1, 0.15) is 22.7 Å². The fraction of sp³-hybridized carbons (Fsp3) is 0.267. The van der Waals surface area contributed by atoms with E-state index in [0.29, 0.717) is 6.61 Å². The molecule has 1 fully saturated rings. The fourth-order valence-electron chi connectivity index (χ4n) is 4.85. The molecule has 0 aromatic heterocycles. The van der Waals surface area contributed by atoms with Crippen LogP contribution >= 0.6 is 24.0 Å². The van der Waals surface area contributed by atoms with E-state index in [-0.39, 0.29) is 18.4 Å². The van der Waals surface area contributed by atoms with E-state index in [4.69, 9.17) is 16.3 Å². The maximum Gasteiger partial charge on any atom is 0.0717 e. The zero-order chi connectivity index (χ0) is 23.2. The number of piperazine rings is 1. The Bertz CT molecular complexity index is 1190. The van der Waals surface area contributed by atoms with Crippen molar-refractivity contribution >= 4 is 34.8 Å². The largest absolute Gasteiger partial charge is 0.375 e. The van der Waals surface area contributed by atoms with Gasteiger partial charge in [0, 0.05) is 37.7 Å². The molecular formula is C30H32Cl2N2O. The van der Waals surface area contributed by atoms with E-state index in [1.54, 1.807) is 0 Å². The van der Waals surface area contributed by atoms with E-state index in [1.807, 2.05) is 12.1 Å². The molecule has 1 aliphatic heterocycles. The number of hydrogen-bond donors (Lipinski definition) is 0. The van der Waals surface area contributed by atoms with Gasteiger partial charge in [0.25, 0.3) is 0 Å². The highest BCUT2D eigenvalue weighted by molar-refractivity contribution is 6.30. The van der Waals surface area contributed by atoms with Gasteiger partial charge in [-0.05, 0) is 45.7 Å². The van der Waals surface area contributed by atoms with Crippen LogP contribution < -0.4 is 0 Å². The van der Waals surface area contributed by atoms with Gasteiger partial charge in [-0.2, -0.15) is 0 Å². The molecule has 3 nitrogen and oxygen atoms in total. The van der Waals surface area contributed by atoms with Crippen LogP contribution in [0, 0.1) is 0 Å². The normalized spacial score (nSPS) is 15.6. The number of benzene rings is 4. The Labute approximate surface area is 219 Å². The number of halogens is 2. The van der Waals surface area contributed by atoms with Crippen LogP contribution in [-0.2, 0) is 11.3 Å². The molecule has 5 heteroatoms. The van der Waals surface area contributed by atoms with Crippen LogP contribution in [0.25, 0.3) is 10.8 Å². The van der Waals surface area contributed by atoms with Gasteiger partial charge in [0.1, 0.15) is 0 Å². The lowest BCUT2D eigenvalue weighted by atomic mass is 9.96. The molecule has 0 N–H and O–H groups in total. The Morgan fingerprint density at radius 3 is 2.11 bits per heavy atom. The molecule has 0 saturated carbocycles. The molecule has 4 aromatic rings. The Hall–Kier alpha value is -2.40. The molecule has 1 aliphatic rings. The van der Waals surface area contributed by atoms with Crippen LogP contribution in [0.4, 0.5) is 0 Å². The predicted molar refractivity (Wildman–Crippen MR) is 149 cm³/mol. The second kappa shape index (κ2) is 12.5. The van der Waals surface area contributed by atoms with Gasteiger partial charge in [0.05, 0.1) is 19.3 Å². The van der Waals surface area contributed by atoms with Crippen molar-refractivity contribution < 1.29 is 4.74 Å². The molecule has 0 aliphatic carbocycles. The monoisotopic (exact) mass is 506 g/mol. The molecule has 1 saturated heterocycles. The standard InChI is InChI=1S/C30H31ClN2O.ClH/c31-29-14-12-27(13-15-29)30(26-7-2-1-3-8-26)33-18-16-32(17-19-33)20-21-34-23-24-10-11-25-6-4-5-9-28(25)22-24;/h1-15,22,30H,16-21,23H2;1H. The molecule has 4 aromatic carbocycles. The van der Waals surface area contributed by atoms with E-state index >= 15 is 0 Å². The van der Waals surface area contributed by atoms with Crippen molar-refractivity contribution in [3.05, 3.63) is 119 Å². The van der Waals surface area contributed by atoms with E-state index in [1.165, 1.54) is 27.5 Å². The smallest absolute Gasteiger partial charge is 0.0717 e. The molecule has 1 unspecified atom stereocenters. The van der Waals surface area contributed by atoms with Gasteiger partial charge in [0.15, 0.2) is 0 Å². The van der Waals surface area contributed by atoms with Gasteiger partial charge in [-0.1, -0.05) is 90.5 Å². The molecular weight excluding hydrogens is 475 g/mol. The number of nitrogens with zero attached hydrogens (tertiary/aromatic N) is 2. The lowest BCUT2D eigenvalue weighted by Gasteiger charge is -2.39. The molecule has 0 bridgehead atoms. The van der Waals surface area contributed by atoms with Crippen LogP contribution in [0.15, 0.2) is 97.1 Å². The minimum Gasteiger partial charge on any atom is -0.375 e. The highest BCUT2D eigenvalue weighted by atomic mass is 35.5. The maximum absolute atomic E-state index is 6.16. The first-order valence-corrected chi connectivity index (χ1v) is 12.5. The maximum atomic E-state index is 6.16. The summed E-state index contributed by atoms with van der Waals surface area (Å²) in [7, 11) is 0. The molecule has 1 heterocycles. The first-order valence-electron chi connectivity index (χ1n) is 12.1. The summed E-state index contributed by atoms with van der Waals surface area (Å²) >= 11 is 6.16. The summed E-state index contributed by atoms with van der Waals surface area (Å²) in [6, 6.07) is 34.4. The average molecular weight is 508 g/mol. The van der Waals surface area contributed by atoms with Gasteiger partial charge < -0.3 is 4.74 Å². The van der Waals surface area contributed by atoms with Gasteiger partial charge in [-0.25, -0.2) is 0 Å². The Morgan fingerprint density at radius 1 is 0.714 bits per heavy atom. The summed E-state index contributed by atoms with van der Waals surface area (Å²) in [6.45, 7) is 6.56. The molecule has 0 amide bonds. The topological polar surface area (TPSA) is 15.7 Å². The van der Waals surface area contributed by atoms with Crippen molar-refractivity contribution in [2.75, 3.05) is 39.3 Å². The first kappa shape index (κ1) is 25.7. The number of ether oxygens (including phenoxy) is 1. The Morgan fingerprint density at radius 2 is 1.37 bits per heavy atom. The van der Waals surface area contributed by atoms with Gasteiger partial charge >= 0.3 is 0 Å². The highest BCUT2D eigenvalue weighted by Gasteiger charge is 2.26. The highest BCUT2D eigenvalue weighted by Crippen LogP contribution is 2.30. The molecule has 0 radical (unpaired) electrons. The van der Waals surface area contributed by atoms with Crippen LogP contribution in [-0.4, -0.2) is 49.1 Å². The summed E-state index contributed by atoms with van der Waals surface area (Å²) in [5, 5.41) is 3.33. The Balaban J connectivity index is 0.00000289. The molecule has 5 rings (SSSR count). The molecule has 1 atom stereocenters. The number of rotatable bonds is 8. The van der Waals surface area contributed by atoms with E-state index in [2.05, 4.69) is 94.7 Å². The van der Waals surface area contributed by atoms with Crippen LogP contribution in [0.5, 0.6) is 0 Å². The first-order chi connectivity index (χ1) is 16.8. The summed E-state index contributed by atoms with van der Waals surface area (Å²) in [5.74, 6) is 0. The summed E-state index contributed by atoms with van der Waals surface area (Å²) in [4.78, 5) is 5.10. The SMILES string of the molecule is Cl.Clc1ccc(C(c2ccccc2)N2CCN(CCOCc3ccc4ccccc4c3)CC2)cc1. The lowest BCUT2D eigenvalue weighted by molar-refractivity contribution is 0.0608. The second-order valence-corrected chi connectivity index (χ2v) is 9.41. The third kappa shape index (κ3) is 6.63. The summed E-state index contributed by atoms with van der Waals surface area (Å²) < 4.78 is 6.03. The molecule has 0 spiro atoms. The number of hydrogen-bond acceptors (Lipinski definition) is 3. The third-order valence-corrected chi connectivity index (χ3v) is 6.96. The Kier molecular flexibility index (Phi) is 9.19. The van der Waals surface area contributed by atoms with Crippen molar-refractivity contribution in [1.29, 1.82) is 0 Å². The minimum absolute atomic E-state index is 0. The zero-order valence-corrected chi connectivity index (χ0v) is 21.4. The number of fused-ring (bicyclic) bond motifs is 1. The summed E-state index contributed by atoms with van der Waals surface area (Å²) in [5.41, 5.74) is 3.86. The lowest BCUT2D eigenvalue weighted by Crippen LogP contribution is -2.48. The average Bonchev–Trinajstić information content (AvgIpc) is 2.89. The molecule has 182 valence electrons. The fourth-order valence-corrected chi connectivity index (χ4v) is 4.98. The van der Waals surface area contributed by atoms with E-state index in [9.17, 15) is 0 Å². The van der Waals surface area contributed by atoms with Gasteiger partial charge in [-0.3, -0.25) is 9.80 Å². The zero-order valence-electron chi connectivity index (χ0n) is 19.9. The van der Waals surface area contributed by atoms with Crippen molar-refractivity contribution in [3.63, 3.8) is 0 Å². The van der Waals surface area contributed by atoms with Gasteiger partial charge in [-0.15, -0.1) is 12.4 Å². The third-order valence-electron chi connectivity index (χ3n) is 6.71. The minimum atomic E-state index is 0. The van der Waals surface area contributed by atoms with Crippen molar-refractivity contribution in [2.24, 2.45) is 0 Å².